The lowest BCUT2D eigenvalue weighted by Gasteiger charge is -2.40. The highest BCUT2D eigenvalue weighted by molar-refractivity contribution is 6.00. The summed E-state index contributed by atoms with van der Waals surface area (Å²) < 4.78 is 27.1. The van der Waals surface area contributed by atoms with Crippen molar-refractivity contribution in [2.24, 2.45) is 0 Å². The predicted molar refractivity (Wildman–Crippen MR) is 136 cm³/mol. The van der Waals surface area contributed by atoms with Crippen LogP contribution in [0.3, 0.4) is 0 Å². The van der Waals surface area contributed by atoms with E-state index in [0.717, 1.165) is 40.0 Å². The summed E-state index contributed by atoms with van der Waals surface area (Å²) in [5, 5.41) is 13.7. The van der Waals surface area contributed by atoms with Gasteiger partial charge >= 0.3 is 6.03 Å². The van der Waals surface area contributed by atoms with Crippen molar-refractivity contribution in [3.05, 3.63) is 84.4 Å². The molecule has 2 heterocycles. The molecule has 1 aliphatic rings. The molecule has 0 aliphatic carbocycles. The summed E-state index contributed by atoms with van der Waals surface area (Å²) in [5.41, 5.74) is 1.78. The number of rotatable bonds is 3. The van der Waals surface area contributed by atoms with Crippen LogP contribution in [-0.4, -0.2) is 46.8 Å². The highest BCUT2D eigenvalue weighted by Gasteiger charge is 2.29. The van der Waals surface area contributed by atoms with E-state index >= 15 is 0 Å². The van der Waals surface area contributed by atoms with Crippen LogP contribution in [0.5, 0.6) is 0 Å². The normalized spacial score (nSPS) is 15.6. The Morgan fingerprint density at radius 3 is 2.37 bits per heavy atom. The van der Waals surface area contributed by atoms with Crippen molar-refractivity contribution >= 4 is 40.7 Å². The van der Waals surface area contributed by atoms with Crippen LogP contribution in [0.4, 0.5) is 25.1 Å². The third kappa shape index (κ3) is 4.88. The largest absolute Gasteiger partial charge is 0.348 e. The van der Waals surface area contributed by atoms with E-state index in [-0.39, 0.29) is 24.1 Å². The molecule has 35 heavy (non-hydrogen) atoms. The first-order valence-electron chi connectivity index (χ1n) is 11.1. The number of fused-ring (bicyclic) bond motifs is 1. The van der Waals surface area contributed by atoms with E-state index < -0.39 is 17.7 Å². The number of hydrogen-bond acceptors (Lipinski definition) is 4. The molecule has 0 saturated carbocycles. The van der Waals surface area contributed by atoms with E-state index in [1.165, 1.54) is 6.07 Å². The fourth-order valence-electron chi connectivity index (χ4n) is 4.35. The van der Waals surface area contributed by atoms with Crippen LogP contribution in [0.25, 0.3) is 22.0 Å². The second-order valence-electron chi connectivity index (χ2n) is 8.33. The topological polar surface area (TPSA) is 61.4 Å². The molecular formula is C26H24ClF2N5O. The summed E-state index contributed by atoms with van der Waals surface area (Å²) in [5.74, 6) is -0.725. The van der Waals surface area contributed by atoms with Crippen LogP contribution < -0.4 is 10.2 Å². The molecule has 1 aromatic heterocycles. The summed E-state index contributed by atoms with van der Waals surface area (Å²) in [7, 11) is 0. The second-order valence-corrected chi connectivity index (χ2v) is 8.33. The minimum Gasteiger partial charge on any atom is -0.348 e. The summed E-state index contributed by atoms with van der Waals surface area (Å²) >= 11 is 0. The number of hydrogen-bond donors (Lipinski definition) is 1. The van der Waals surface area contributed by atoms with Crippen molar-refractivity contribution in [1.29, 1.82) is 0 Å². The van der Waals surface area contributed by atoms with Crippen LogP contribution in [0.15, 0.2) is 72.8 Å². The number of urea groups is 1. The first kappa shape index (κ1) is 24.3. The Bertz CT molecular complexity index is 1350. The molecule has 6 nitrogen and oxygen atoms in total. The number of carbonyl (C=O) groups is 1. The van der Waals surface area contributed by atoms with E-state index in [9.17, 15) is 13.6 Å². The maximum absolute atomic E-state index is 13.9. The van der Waals surface area contributed by atoms with Crippen molar-refractivity contribution < 1.29 is 13.6 Å². The first-order valence-corrected chi connectivity index (χ1v) is 11.1. The average molecular weight is 496 g/mol. The lowest BCUT2D eigenvalue weighted by molar-refractivity contribution is 0.200. The SMILES string of the molecule is CC1CN(C(=O)Nc2ccc(F)cc2F)CCN1c1nnc(-c2ccccc2)c2ccccc12.Cl. The molecule has 3 aromatic carbocycles. The van der Waals surface area contributed by atoms with Gasteiger partial charge in [0.25, 0.3) is 0 Å². The number of nitrogens with one attached hydrogen (secondary N) is 1. The Balaban J connectivity index is 0.00000289. The zero-order valence-corrected chi connectivity index (χ0v) is 19.8. The molecule has 1 saturated heterocycles. The van der Waals surface area contributed by atoms with Crippen LogP contribution in [-0.2, 0) is 0 Å². The van der Waals surface area contributed by atoms with Gasteiger partial charge in [-0.3, -0.25) is 0 Å². The van der Waals surface area contributed by atoms with Gasteiger partial charge in [-0.15, -0.1) is 22.6 Å². The quantitative estimate of drug-likeness (QED) is 0.394. The van der Waals surface area contributed by atoms with Crippen molar-refractivity contribution in [2.75, 3.05) is 29.9 Å². The minimum atomic E-state index is -0.805. The molecule has 1 N–H and O–H groups in total. The van der Waals surface area contributed by atoms with Crippen LogP contribution in [0.2, 0.25) is 0 Å². The molecule has 5 rings (SSSR count). The molecule has 1 atom stereocenters. The van der Waals surface area contributed by atoms with Gasteiger partial charge in [-0.25, -0.2) is 13.6 Å². The third-order valence-electron chi connectivity index (χ3n) is 6.07. The van der Waals surface area contributed by atoms with Gasteiger partial charge in [0.15, 0.2) is 5.82 Å². The van der Waals surface area contributed by atoms with Crippen LogP contribution in [0.1, 0.15) is 6.92 Å². The van der Waals surface area contributed by atoms with Crippen molar-refractivity contribution in [3.8, 4) is 11.3 Å². The highest BCUT2D eigenvalue weighted by atomic mass is 35.5. The van der Waals surface area contributed by atoms with Crippen molar-refractivity contribution in [3.63, 3.8) is 0 Å². The van der Waals surface area contributed by atoms with E-state index in [1.807, 2.05) is 61.5 Å². The molecule has 9 heteroatoms. The standard InChI is InChI=1S/C26H23F2N5O.ClH/c1-17-16-32(26(34)29-23-12-11-19(27)15-22(23)28)13-14-33(17)25-21-10-6-5-9-20(21)24(30-31-25)18-7-3-2-4-8-18;/h2-12,15,17H,13-14,16H2,1H3,(H,29,34);1H. The van der Waals surface area contributed by atoms with Gasteiger partial charge in [0.1, 0.15) is 17.3 Å². The second kappa shape index (κ2) is 10.2. The number of benzene rings is 3. The number of anilines is 2. The molecule has 0 bridgehead atoms. The van der Waals surface area contributed by atoms with E-state index in [1.54, 1.807) is 4.90 Å². The van der Waals surface area contributed by atoms with Gasteiger partial charge in [0, 0.05) is 48.1 Å². The number of carbonyl (C=O) groups excluding carboxylic acids is 1. The van der Waals surface area contributed by atoms with Crippen LogP contribution >= 0.6 is 12.4 Å². The lowest BCUT2D eigenvalue weighted by atomic mass is 10.0. The zero-order chi connectivity index (χ0) is 23.7. The summed E-state index contributed by atoms with van der Waals surface area (Å²) in [4.78, 5) is 16.5. The van der Waals surface area contributed by atoms with Crippen molar-refractivity contribution in [1.82, 2.24) is 15.1 Å². The maximum Gasteiger partial charge on any atom is 0.322 e. The number of nitrogens with zero attached hydrogens (tertiary/aromatic N) is 4. The molecule has 1 unspecified atom stereocenters. The van der Waals surface area contributed by atoms with Gasteiger partial charge in [0.2, 0.25) is 0 Å². The van der Waals surface area contributed by atoms with Crippen LogP contribution in [0, 0.1) is 11.6 Å². The third-order valence-corrected chi connectivity index (χ3v) is 6.07. The minimum absolute atomic E-state index is 0. The molecule has 4 aromatic rings. The number of amides is 2. The predicted octanol–water partition coefficient (Wildman–Crippen LogP) is 5.74. The molecule has 0 spiro atoms. The van der Waals surface area contributed by atoms with Gasteiger partial charge < -0.3 is 15.1 Å². The average Bonchev–Trinajstić information content (AvgIpc) is 2.85. The van der Waals surface area contributed by atoms with Gasteiger partial charge in [-0.1, -0.05) is 54.6 Å². The van der Waals surface area contributed by atoms with E-state index in [4.69, 9.17) is 0 Å². The number of piperazine rings is 1. The first-order chi connectivity index (χ1) is 16.5. The van der Waals surface area contributed by atoms with E-state index in [2.05, 4.69) is 20.4 Å². The van der Waals surface area contributed by atoms with Gasteiger partial charge in [-0.05, 0) is 19.1 Å². The summed E-state index contributed by atoms with van der Waals surface area (Å²) in [6, 6.07) is 20.6. The monoisotopic (exact) mass is 495 g/mol. The molecule has 1 fully saturated rings. The van der Waals surface area contributed by atoms with Crippen molar-refractivity contribution in [2.45, 2.75) is 13.0 Å². The fourth-order valence-corrected chi connectivity index (χ4v) is 4.35. The molecular weight excluding hydrogens is 472 g/mol. The Hall–Kier alpha value is -3.78. The molecule has 1 aliphatic heterocycles. The summed E-state index contributed by atoms with van der Waals surface area (Å²) in [6.07, 6.45) is 0. The number of aromatic nitrogens is 2. The smallest absolute Gasteiger partial charge is 0.322 e. The zero-order valence-electron chi connectivity index (χ0n) is 19.0. The Morgan fingerprint density at radius 2 is 1.66 bits per heavy atom. The van der Waals surface area contributed by atoms with Gasteiger partial charge in [-0.2, -0.15) is 0 Å². The fraction of sp³-hybridized carbons (Fsp3) is 0.192. The summed E-state index contributed by atoms with van der Waals surface area (Å²) in [6.45, 7) is 3.41. The Labute approximate surface area is 208 Å². The molecule has 180 valence electrons. The Kier molecular flexibility index (Phi) is 7.12. The lowest BCUT2D eigenvalue weighted by Crippen LogP contribution is -2.55. The van der Waals surface area contributed by atoms with E-state index in [0.29, 0.717) is 19.6 Å². The van der Waals surface area contributed by atoms with Gasteiger partial charge in [0.05, 0.1) is 5.69 Å². The molecule has 2 amide bonds. The number of halogens is 3. The Morgan fingerprint density at radius 1 is 0.943 bits per heavy atom. The highest BCUT2D eigenvalue weighted by Crippen LogP contribution is 2.32. The maximum atomic E-state index is 13.9. The molecule has 0 radical (unpaired) electrons.